The summed E-state index contributed by atoms with van der Waals surface area (Å²) in [6.45, 7) is 0. The number of rotatable bonds is 4. The lowest BCUT2D eigenvalue weighted by atomic mass is 10.3. The molecule has 2 aromatic heterocycles. The van der Waals surface area contributed by atoms with Crippen LogP contribution in [0.5, 0.6) is 0 Å². The number of anilines is 1. The molecule has 0 aliphatic heterocycles. The van der Waals surface area contributed by atoms with E-state index in [4.69, 9.17) is 11.6 Å². The number of hydrogen-bond donors (Lipinski definition) is 1. The standard InChI is InChI=1S/C14H11ClFN3O2S2/c1-19-14(8-12(17-19)13-3-2-6-22-13)18-23(20,21)9-4-5-11(16)10(15)7-9/h2-8,18H,1H3. The summed E-state index contributed by atoms with van der Waals surface area (Å²) >= 11 is 7.15. The van der Waals surface area contributed by atoms with Crippen molar-refractivity contribution in [2.24, 2.45) is 7.05 Å². The minimum atomic E-state index is -3.89. The molecule has 0 fully saturated rings. The number of halogens is 2. The molecule has 0 aliphatic carbocycles. The zero-order chi connectivity index (χ0) is 16.6. The Morgan fingerprint density at radius 3 is 2.74 bits per heavy atom. The van der Waals surface area contributed by atoms with Gasteiger partial charge < -0.3 is 0 Å². The summed E-state index contributed by atoms with van der Waals surface area (Å²) in [7, 11) is -2.26. The molecule has 5 nitrogen and oxygen atoms in total. The maximum atomic E-state index is 13.2. The van der Waals surface area contributed by atoms with Gasteiger partial charge in [-0.05, 0) is 29.6 Å². The quantitative estimate of drug-likeness (QED) is 0.759. The van der Waals surface area contributed by atoms with Crippen molar-refractivity contribution in [1.29, 1.82) is 0 Å². The molecule has 120 valence electrons. The van der Waals surface area contributed by atoms with E-state index in [0.29, 0.717) is 11.5 Å². The maximum absolute atomic E-state index is 13.2. The van der Waals surface area contributed by atoms with Gasteiger partial charge >= 0.3 is 0 Å². The molecule has 0 amide bonds. The largest absolute Gasteiger partial charge is 0.264 e. The Bertz CT molecular complexity index is 953. The molecular formula is C14H11ClFN3O2S2. The summed E-state index contributed by atoms with van der Waals surface area (Å²) in [6.07, 6.45) is 0. The fourth-order valence-electron chi connectivity index (χ4n) is 1.95. The average molecular weight is 372 g/mol. The molecule has 0 radical (unpaired) electrons. The zero-order valence-corrected chi connectivity index (χ0v) is 14.2. The Kier molecular flexibility index (Phi) is 4.13. The lowest BCUT2D eigenvalue weighted by Gasteiger charge is -2.08. The number of nitrogens with zero attached hydrogens (tertiary/aromatic N) is 2. The van der Waals surface area contributed by atoms with Crippen molar-refractivity contribution >= 4 is 38.8 Å². The van der Waals surface area contributed by atoms with Crippen molar-refractivity contribution in [3.63, 3.8) is 0 Å². The van der Waals surface area contributed by atoms with Crippen molar-refractivity contribution in [2.75, 3.05) is 4.72 Å². The molecular weight excluding hydrogens is 361 g/mol. The number of aromatic nitrogens is 2. The first-order valence-corrected chi connectivity index (χ1v) is 9.17. The van der Waals surface area contributed by atoms with Gasteiger partial charge in [-0.25, -0.2) is 12.8 Å². The molecule has 9 heteroatoms. The number of sulfonamides is 1. The highest BCUT2D eigenvalue weighted by atomic mass is 35.5. The van der Waals surface area contributed by atoms with Crippen molar-refractivity contribution in [2.45, 2.75) is 4.90 Å². The van der Waals surface area contributed by atoms with Crippen LogP contribution in [0.2, 0.25) is 5.02 Å². The first-order valence-electron chi connectivity index (χ1n) is 6.42. The molecule has 0 spiro atoms. The van der Waals surface area contributed by atoms with Crippen LogP contribution in [0.4, 0.5) is 10.2 Å². The van der Waals surface area contributed by atoms with Crippen LogP contribution in [-0.4, -0.2) is 18.2 Å². The summed E-state index contributed by atoms with van der Waals surface area (Å²) in [4.78, 5) is 0.804. The van der Waals surface area contributed by atoms with E-state index in [9.17, 15) is 12.8 Å². The third-order valence-corrected chi connectivity index (χ3v) is 5.63. The first kappa shape index (κ1) is 16.0. The number of hydrogen-bond acceptors (Lipinski definition) is 4. The van der Waals surface area contributed by atoms with Gasteiger partial charge in [0.1, 0.15) is 17.3 Å². The highest BCUT2D eigenvalue weighted by Crippen LogP contribution is 2.27. The summed E-state index contributed by atoms with van der Waals surface area (Å²) in [5.74, 6) is -0.375. The Hall–Kier alpha value is -1.90. The smallest absolute Gasteiger partial charge is 0.263 e. The number of nitrogens with one attached hydrogen (secondary N) is 1. The van der Waals surface area contributed by atoms with E-state index >= 15 is 0 Å². The molecule has 2 heterocycles. The second kappa shape index (κ2) is 5.95. The fraction of sp³-hybridized carbons (Fsp3) is 0.0714. The highest BCUT2D eigenvalue weighted by molar-refractivity contribution is 7.92. The van der Waals surface area contributed by atoms with E-state index in [1.807, 2.05) is 17.5 Å². The molecule has 0 unspecified atom stereocenters. The average Bonchev–Trinajstić information content (AvgIpc) is 3.12. The van der Waals surface area contributed by atoms with Gasteiger partial charge in [0, 0.05) is 13.1 Å². The second-order valence-electron chi connectivity index (χ2n) is 4.70. The predicted molar refractivity (Wildman–Crippen MR) is 88.7 cm³/mol. The van der Waals surface area contributed by atoms with Gasteiger partial charge in [-0.15, -0.1) is 11.3 Å². The highest BCUT2D eigenvalue weighted by Gasteiger charge is 2.19. The number of aryl methyl sites for hydroxylation is 1. The predicted octanol–water partition coefficient (Wildman–Crippen LogP) is 3.74. The Morgan fingerprint density at radius 1 is 1.30 bits per heavy atom. The Morgan fingerprint density at radius 2 is 2.09 bits per heavy atom. The fourth-order valence-corrected chi connectivity index (χ4v) is 3.98. The minimum absolute atomic E-state index is 0.122. The third-order valence-electron chi connectivity index (χ3n) is 3.09. The van der Waals surface area contributed by atoms with Crippen LogP contribution >= 0.6 is 22.9 Å². The van der Waals surface area contributed by atoms with Gasteiger partial charge in [-0.2, -0.15) is 5.10 Å². The molecule has 0 aliphatic rings. The van der Waals surface area contributed by atoms with Gasteiger partial charge in [0.25, 0.3) is 10.0 Å². The SMILES string of the molecule is Cn1nc(-c2cccs2)cc1NS(=O)(=O)c1ccc(F)c(Cl)c1. The van der Waals surface area contributed by atoms with Gasteiger partial charge in [-0.3, -0.25) is 9.40 Å². The Labute approximate surface area is 141 Å². The monoisotopic (exact) mass is 371 g/mol. The molecule has 0 atom stereocenters. The van der Waals surface area contributed by atoms with Crippen LogP contribution in [0.25, 0.3) is 10.6 Å². The zero-order valence-electron chi connectivity index (χ0n) is 11.8. The van der Waals surface area contributed by atoms with Gasteiger partial charge in [-0.1, -0.05) is 17.7 Å². The topological polar surface area (TPSA) is 64.0 Å². The normalized spacial score (nSPS) is 11.6. The van der Waals surface area contributed by atoms with Crippen molar-refractivity contribution in [1.82, 2.24) is 9.78 Å². The molecule has 0 saturated heterocycles. The van der Waals surface area contributed by atoms with Crippen LogP contribution in [-0.2, 0) is 17.1 Å². The number of thiophene rings is 1. The third kappa shape index (κ3) is 3.24. The minimum Gasteiger partial charge on any atom is -0.264 e. The Balaban J connectivity index is 1.93. The van der Waals surface area contributed by atoms with E-state index in [1.54, 1.807) is 13.1 Å². The molecule has 3 aromatic rings. The summed E-state index contributed by atoms with van der Waals surface area (Å²) in [6, 6.07) is 8.64. The lowest BCUT2D eigenvalue weighted by Crippen LogP contribution is -2.15. The molecule has 0 bridgehead atoms. The molecule has 23 heavy (non-hydrogen) atoms. The second-order valence-corrected chi connectivity index (χ2v) is 7.73. The molecule has 0 saturated carbocycles. The van der Waals surface area contributed by atoms with E-state index in [-0.39, 0.29) is 9.92 Å². The van der Waals surface area contributed by atoms with Gasteiger partial charge in [0.15, 0.2) is 0 Å². The molecule has 1 N–H and O–H groups in total. The van der Waals surface area contributed by atoms with Crippen LogP contribution in [0, 0.1) is 5.82 Å². The summed E-state index contributed by atoms with van der Waals surface area (Å²) in [5, 5.41) is 5.94. The maximum Gasteiger partial charge on any atom is 0.263 e. The van der Waals surface area contributed by atoms with Crippen molar-refractivity contribution < 1.29 is 12.8 Å². The van der Waals surface area contributed by atoms with Crippen LogP contribution in [0.3, 0.4) is 0 Å². The molecule has 3 rings (SSSR count). The summed E-state index contributed by atoms with van der Waals surface area (Å²) in [5.41, 5.74) is 0.664. The van der Waals surface area contributed by atoms with E-state index < -0.39 is 15.8 Å². The van der Waals surface area contributed by atoms with Crippen molar-refractivity contribution in [3.8, 4) is 10.6 Å². The summed E-state index contributed by atoms with van der Waals surface area (Å²) < 4.78 is 41.8. The first-order chi connectivity index (χ1) is 10.9. The van der Waals surface area contributed by atoms with Crippen LogP contribution in [0.15, 0.2) is 46.7 Å². The van der Waals surface area contributed by atoms with E-state index in [2.05, 4.69) is 9.82 Å². The number of benzene rings is 1. The van der Waals surface area contributed by atoms with Crippen molar-refractivity contribution in [3.05, 3.63) is 52.6 Å². The van der Waals surface area contributed by atoms with Crippen LogP contribution in [0.1, 0.15) is 0 Å². The lowest BCUT2D eigenvalue weighted by molar-refractivity contribution is 0.599. The van der Waals surface area contributed by atoms with E-state index in [1.165, 1.54) is 16.0 Å². The van der Waals surface area contributed by atoms with Gasteiger partial charge in [0.2, 0.25) is 0 Å². The van der Waals surface area contributed by atoms with Crippen LogP contribution < -0.4 is 4.72 Å². The van der Waals surface area contributed by atoms with Gasteiger partial charge in [0.05, 0.1) is 14.8 Å². The van der Waals surface area contributed by atoms with E-state index in [0.717, 1.165) is 23.1 Å². The molecule has 1 aromatic carbocycles.